The zero-order valence-corrected chi connectivity index (χ0v) is 11.3. The van der Waals surface area contributed by atoms with Gasteiger partial charge in [0.05, 0.1) is 11.8 Å². The number of benzene rings is 1. The predicted octanol–water partition coefficient (Wildman–Crippen LogP) is 3.31. The van der Waals surface area contributed by atoms with Gasteiger partial charge in [-0.3, -0.25) is 0 Å². The summed E-state index contributed by atoms with van der Waals surface area (Å²) in [5.41, 5.74) is 6.39. The molecule has 0 radical (unpaired) electrons. The van der Waals surface area contributed by atoms with Gasteiger partial charge in [0.25, 0.3) is 0 Å². The standard InChI is InChI=1S/C15H21NO3/c1-2-10-6-8-11(9-7-10)19-14-12(15(17)18)4-3-5-13(14)16/h3-5,10-11H,2,6-9,16H2,1H3,(H,17,18). The van der Waals surface area contributed by atoms with Crippen LogP contribution in [0.15, 0.2) is 18.2 Å². The van der Waals surface area contributed by atoms with E-state index in [1.54, 1.807) is 12.1 Å². The Hall–Kier alpha value is -1.71. The van der Waals surface area contributed by atoms with Crippen molar-refractivity contribution in [3.8, 4) is 5.75 Å². The molecule has 1 aromatic carbocycles. The topological polar surface area (TPSA) is 72.5 Å². The number of hydrogen-bond acceptors (Lipinski definition) is 3. The van der Waals surface area contributed by atoms with Crippen molar-refractivity contribution in [2.75, 3.05) is 5.73 Å². The first-order valence-electron chi connectivity index (χ1n) is 6.90. The fourth-order valence-electron chi connectivity index (χ4n) is 2.68. The van der Waals surface area contributed by atoms with Crippen molar-refractivity contribution in [1.29, 1.82) is 0 Å². The highest BCUT2D eigenvalue weighted by Gasteiger charge is 2.24. The lowest BCUT2D eigenvalue weighted by Crippen LogP contribution is -2.25. The highest BCUT2D eigenvalue weighted by atomic mass is 16.5. The number of ether oxygens (including phenoxy) is 1. The molecule has 0 unspecified atom stereocenters. The van der Waals surface area contributed by atoms with Crippen molar-refractivity contribution in [2.45, 2.75) is 45.1 Å². The summed E-state index contributed by atoms with van der Waals surface area (Å²) in [4.78, 5) is 11.2. The Kier molecular flexibility index (Phi) is 4.30. The molecule has 0 aliphatic heterocycles. The first-order chi connectivity index (χ1) is 9.11. The van der Waals surface area contributed by atoms with E-state index in [-0.39, 0.29) is 11.7 Å². The molecule has 0 bridgehead atoms. The summed E-state index contributed by atoms with van der Waals surface area (Å²) in [6.45, 7) is 2.21. The van der Waals surface area contributed by atoms with E-state index in [1.165, 1.54) is 12.5 Å². The van der Waals surface area contributed by atoms with Crippen LogP contribution in [0.25, 0.3) is 0 Å². The molecule has 0 saturated heterocycles. The van der Waals surface area contributed by atoms with Gasteiger partial charge in [-0.25, -0.2) is 4.79 Å². The Labute approximate surface area is 113 Å². The minimum Gasteiger partial charge on any atom is -0.487 e. The lowest BCUT2D eigenvalue weighted by atomic mass is 9.86. The number of rotatable bonds is 4. The molecule has 1 aromatic rings. The van der Waals surface area contributed by atoms with Gasteiger partial charge in [0.15, 0.2) is 5.75 Å². The number of aromatic carboxylic acids is 1. The summed E-state index contributed by atoms with van der Waals surface area (Å²) >= 11 is 0. The fourth-order valence-corrected chi connectivity index (χ4v) is 2.68. The molecule has 0 amide bonds. The number of anilines is 1. The van der Waals surface area contributed by atoms with Crippen molar-refractivity contribution < 1.29 is 14.6 Å². The molecule has 4 heteroatoms. The molecule has 104 valence electrons. The molecule has 0 heterocycles. The second kappa shape index (κ2) is 5.95. The van der Waals surface area contributed by atoms with Crippen molar-refractivity contribution in [3.05, 3.63) is 23.8 Å². The van der Waals surface area contributed by atoms with Crippen LogP contribution in [0.1, 0.15) is 49.4 Å². The minimum atomic E-state index is -0.996. The van der Waals surface area contributed by atoms with Gasteiger partial charge in [-0.15, -0.1) is 0 Å². The Morgan fingerprint density at radius 1 is 1.37 bits per heavy atom. The summed E-state index contributed by atoms with van der Waals surface area (Å²) in [6.07, 6.45) is 5.55. The van der Waals surface area contributed by atoms with Crippen LogP contribution >= 0.6 is 0 Å². The largest absolute Gasteiger partial charge is 0.487 e. The summed E-state index contributed by atoms with van der Waals surface area (Å²) in [5.74, 6) is 0.117. The van der Waals surface area contributed by atoms with E-state index in [9.17, 15) is 4.79 Å². The number of carboxylic acids is 1. The van der Waals surface area contributed by atoms with Crippen LogP contribution in [0, 0.1) is 5.92 Å². The lowest BCUT2D eigenvalue weighted by molar-refractivity contribution is 0.0684. The number of carbonyl (C=O) groups is 1. The van der Waals surface area contributed by atoms with Crippen LogP contribution in [-0.2, 0) is 0 Å². The third kappa shape index (κ3) is 3.19. The highest BCUT2D eigenvalue weighted by Crippen LogP contribution is 2.33. The second-order valence-corrected chi connectivity index (χ2v) is 5.20. The molecular formula is C15H21NO3. The van der Waals surface area contributed by atoms with Gasteiger partial charge in [-0.1, -0.05) is 19.4 Å². The van der Waals surface area contributed by atoms with Crippen molar-refractivity contribution in [1.82, 2.24) is 0 Å². The maximum absolute atomic E-state index is 11.2. The number of nitrogen functional groups attached to an aromatic ring is 1. The van der Waals surface area contributed by atoms with Crippen molar-refractivity contribution in [3.63, 3.8) is 0 Å². The third-order valence-electron chi connectivity index (χ3n) is 3.93. The zero-order valence-electron chi connectivity index (χ0n) is 11.3. The van der Waals surface area contributed by atoms with E-state index in [0.717, 1.165) is 31.6 Å². The van der Waals surface area contributed by atoms with E-state index >= 15 is 0 Å². The average molecular weight is 263 g/mol. The maximum Gasteiger partial charge on any atom is 0.339 e. The molecule has 2 rings (SSSR count). The summed E-state index contributed by atoms with van der Waals surface area (Å²) in [5, 5.41) is 9.16. The summed E-state index contributed by atoms with van der Waals surface area (Å²) in [6, 6.07) is 4.85. The molecule has 0 atom stereocenters. The predicted molar refractivity (Wildman–Crippen MR) is 74.5 cm³/mol. The number of hydrogen-bond donors (Lipinski definition) is 2. The first-order valence-corrected chi connectivity index (χ1v) is 6.90. The molecule has 1 aliphatic carbocycles. The molecule has 1 fully saturated rings. The van der Waals surface area contributed by atoms with Crippen molar-refractivity contribution >= 4 is 11.7 Å². The zero-order chi connectivity index (χ0) is 13.8. The van der Waals surface area contributed by atoms with Gasteiger partial charge in [-0.05, 0) is 43.7 Å². The van der Waals surface area contributed by atoms with E-state index in [0.29, 0.717) is 11.4 Å². The highest BCUT2D eigenvalue weighted by molar-refractivity contribution is 5.93. The molecule has 0 aromatic heterocycles. The monoisotopic (exact) mass is 263 g/mol. The van der Waals surface area contributed by atoms with E-state index in [2.05, 4.69) is 6.92 Å². The Morgan fingerprint density at radius 2 is 2.05 bits per heavy atom. The van der Waals surface area contributed by atoms with E-state index < -0.39 is 5.97 Å². The summed E-state index contributed by atoms with van der Waals surface area (Å²) < 4.78 is 5.87. The van der Waals surface area contributed by atoms with Gasteiger partial charge in [0, 0.05) is 0 Å². The van der Waals surface area contributed by atoms with Crippen LogP contribution < -0.4 is 10.5 Å². The van der Waals surface area contributed by atoms with Crippen LogP contribution in [-0.4, -0.2) is 17.2 Å². The molecule has 4 nitrogen and oxygen atoms in total. The van der Waals surface area contributed by atoms with Crippen LogP contribution in [0.5, 0.6) is 5.75 Å². The normalized spacial score (nSPS) is 23.0. The van der Waals surface area contributed by atoms with Gasteiger partial charge in [0.2, 0.25) is 0 Å². The molecule has 19 heavy (non-hydrogen) atoms. The van der Waals surface area contributed by atoms with E-state index in [1.807, 2.05) is 0 Å². The Morgan fingerprint density at radius 3 is 2.63 bits per heavy atom. The fraction of sp³-hybridized carbons (Fsp3) is 0.533. The van der Waals surface area contributed by atoms with Gasteiger partial charge >= 0.3 is 5.97 Å². The van der Waals surface area contributed by atoms with Crippen LogP contribution in [0.4, 0.5) is 5.69 Å². The first kappa shape index (κ1) is 13.7. The number of para-hydroxylation sites is 1. The van der Waals surface area contributed by atoms with Gasteiger partial charge < -0.3 is 15.6 Å². The minimum absolute atomic E-state index is 0.0885. The third-order valence-corrected chi connectivity index (χ3v) is 3.93. The second-order valence-electron chi connectivity index (χ2n) is 5.20. The lowest BCUT2D eigenvalue weighted by Gasteiger charge is -2.29. The maximum atomic E-state index is 11.2. The van der Waals surface area contributed by atoms with Crippen LogP contribution in [0.2, 0.25) is 0 Å². The number of nitrogens with two attached hydrogens (primary N) is 1. The quantitative estimate of drug-likeness (QED) is 0.817. The smallest absolute Gasteiger partial charge is 0.339 e. The van der Waals surface area contributed by atoms with Gasteiger partial charge in [0.1, 0.15) is 5.56 Å². The molecule has 0 spiro atoms. The molecule has 1 aliphatic rings. The Balaban J connectivity index is 2.09. The number of carboxylic acid groups (broad SMARTS) is 1. The average Bonchev–Trinajstić information content (AvgIpc) is 2.41. The van der Waals surface area contributed by atoms with Gasteiger partial charge in [-0.2, -0.15) is 0 Å². The molecule has 1 saturated carbocycles. The van der Waals surface area contributed by atoms with E-state index in [4.69, 9.17) is 15.6 Å². The SMILES string of the molecule is CCC1CCC(Oc2c(N)cccc2C(=O)O)CC1. The van der Waals surface area contributed by atoms with Crippen LogP contribution in [0.3, 0.4) is 0 Å². The van der Waals surface area contributed by atoms with Crippen molar-refractivity contribution in [2.24, 2.45) is 5.92 Å². The summed E-state index contributed by atoms with van der Waals surface area (Å²) in [7, 11) is 0. The molecular weight excluding hydrogens is 242 g/mol. The Bertz CT molecular complexity index is 451. The molecule has 3 N–H and O–H groups in total.